The van der Waals surface area contributed by atoms with Crippen LogP contribution in [0.2, 0.25) is 0 Å². The van der Waals surface area contributed by atoms with Crippen LogP contribution in [-0.2, 0) is 0 Å². The first-order valence-corrected chi connectivity index (χ1v) is 7.34. The highest BCUT2D eigenvalue weighted by Crippen LogP contribution is 2.24. The SMILES string of the molecule is O=c1c2cccc3cccc(c32)n2c(=O)c3ccccc3nc12. The van der Waals surface area contributed by atoms with Crippen molar-refractivity contribution in [1.29, 1.82) is 0 Å². The van der Waals surface area contributed by atoms with Crippen LogP contribution in [-0.4, -0.2) is 9.38 Å². The molecule has 0 bridgehead atoms. The first kappa shape index (κ1) is 12.3. The van der Waals surface area contributed by atoms with E-state index < -0.39 is 0 Å². The molecule has 0 saturated carbocycles. The smallest absolute Gasteiger partial charge is 0.266 e. The molecule has 0 N–H and O–H groups in total. The van der Waals surface area contributed by atoms with Crippen LogP contribution >= 0.6 is 0 Å². The molecule has 5 aromatic rings. The number of fused-ring (bicyclic) bond motifs is 3. The number of benzene rings is 3. The molecule has 0 saturated heterocycles. The summed E-state index contributed by atoms with van der Waals surface area (Å²) in [5, 5.41) is 2.87. The molecule has 5 rings (SSSR count). The largest absolute Gasteiger partial charge is 0.285 e. The molecule has 4 nitrogen and oxygen atoms in total. The van der Waals surface area contributed by atoms with Crippen LogP contribution in [0.5, 0.6) is 0 Å². The lowest BCUT2D eigenvalue weighted by Gasteiger charge is -2.10. The number of nitrogens with zero attached hydrogens (tertiary/aromatic N) is 2. The second-order valence-corrected chi connectivity index (χ2v) is 5.60. The zero-order valence-corrected chi connectivity index (χ0v) is 12.0. The van der Waals surface area contributed by atoms with Gasteiger partial charge in [-0.2, -0.15) is 0 Å². The molecule has 0 radical (unpaired) electrons. The number of rotatable bonds is 0. The zero-order valence-electron chi connectivity index (χ0n) is 12.0. The first-order chi connectivity index (χ1) is 11.3. The van der Waals surface area contributed by atoms with Gasteiger partial charge in [0.2, 0.25) is 5.43 Å². The molecule has 0 amide bonds. The van der Waals surface area contributed by atoms with Crippen LogP contribution in [0.15, 0.2) is 70.3 Å². The van der Waals surface area contributed by atoms with E-state index in [1.54, 1.807) is 24.3 Å². The van der Waals surface area contributed by atoms with Gasteiger partial charge in [-0.3, -0.25) is 14.0 Å². The Kier molecular flexibility index (Phi) is 2.21. The standard InChI is InChI=1S/C19H10N2O2/c22-17-13-8-3-5-11-6-4-10-15(16(11)13)21-18(17)20-14-9-2-1-7-12(14)19(21)23/h1-10H. The Morgan fingerprint density at radius 3 is 2.39 bits per heavy atom. The molecule has 0 spiro atoms. The predicted octanol–water partition coefficient (Wildman–Crippen LogP) is 2.95. The fourth-order valence-corrected chi connectivity index (χ4v) is 3.33. The van der Waals surface area contributed by atoms with Crippen molar-refractivity contribution in [3.63, 3.8) is 0 Å². The van der Waals surface area contributed by atoms with Gasteiger partial charge in [-0.15, -0.1) is 0 Å². The topological polar surface area (TPSA) is 51.4 Å². The summed E-state index contributed by atoms with van der Waals surface area (Å²) in [6.07, 6.45) is 0. The average Bonchev–Trinajstić information content (AvgIpc) is 2.59. The van der Waals surface area contributed by atoms with Crippen molar-refractivity contribution in [3.05, 3.63) is 81.2 Å². The molecule has 0 aliphatic rings. The van der Waals surface area contributed by atoms with Gasteiger partial charge < -0.3 is 0 Å². The summed E-state index contributed by atoms with van der Waals surface area (Å²) in [5.74, 6) is 0. The van der Waals surface area contributed by atoms with Crippen molar-refractivity contribution >= 4 is 38.2 Å². The molecule has 108 valence electrons. The molecule has 0 aliphatic heterocycles. The van der Waals surface area contributed by atoms with Gasteiger partial charge in [0.25, 0.3) is 5.56 Å². The molecule has 0 unspecified atom stereocenters. The maximum Gasteiger partial charge on any atom is 0.266 e. The zero-order chi connectivity index (χ0) is 15.6. The van der Waals surface area contributed by atoms with Crippen LogP contribution in [0.3, 0.4) is 0 Å². The second-order valence-electron chi connectivity index (χ2n) is 5.60. The van der Waals surface area contributed by atoms with E-state index in [1.807, 2.05) is 36.4 Å². The summed E-state index contributed by atoms with van der Waals surface area (Å²) in [6.45, 7) is 0. The lowest BCUT2D eigenvalue weighted by Crippen LogP contribution is -2.22. The van der Waals surface area contributed by atoms with Crippen molar-refractivity contribution in [2.24, 2.45) is 0 Å². The third kappa shape index (κ3) is 1.47. The van der Waals surface area contributed by atoms with Gasteiger partial charge in [0.15, 0.2) is 5.65 Å². The average molecular weight is 298 g/mol. The lowest BCUT2D eigenvalue weighted by molar-refractivity contribution is 1.12. The van der Waals surface area contributed by atoms with E-state index in [0.717, 1.165) is 16.3 Å². The Morgan fingerprint density at radius 1 is 0.783 bits per heavy atom. The van der Waals surface area contributed by atoms with Gasteiger partial charge in [0.05, 0.1) is 16.4 Å². The van der Waals surface area contributed by atoms with Crippen molar-refractivity contribution in [2.45, 2.75) is 0 Å². The molecule has 3 aromatic carbocycles. The van der Waals surface area contributed by atoms with Crippen molar-refractivity contribution in [3.8, 4) is 0 Å². The molecular formula is C19H10N2O2. The molecule has 2 aromatic heterocycles. The summed E-state index contributed by atoms with van der Waals surface area (Å²) < 4.78 is 1.44. The maximum atomic E-state index is 12.9. The quantitative estimate of drug-likeness (QED) is 0.326. The summed E-state index contributed by atoms with van der Waals surface area (Å²) in [4.78, 5) is 30.3. The van der Waals surface area contributed by atoms with Crippen molar-refractivity contribution in [1.82, 2.24) is 9.38 Å². The van der Waals surface area contributed by atoms with Gasteiger partial charge in [-0.25, -0.2) is 4.98 Å². The Hall–Kier alpha value is -3.27. The number of aromatic nitrogens is 2. The number of hydrogen-bond donors (Lipinski definition) is 0. The predicted molar refractivity (Wildman–Crippen MR) is 91.4 cm³/mol. The Balaban J connectivity index is 2.26. The van der Waals surface area contributed by atoms with Gasteiger partial charge in [-0.05, 0) is 23.6 Å². The monoisotopic (exact) mass is 298 g/mol. The minimum Gasteiger partial charge on any atom is -0.285 e. The van der Waals surface area contributed by atoms with Crippen LogP contribution in [0, 0.1) is 0 Å². The van der Waals surface area contributed by atoms with Crippen LogP contribution in [0.1, 0.15) is 0 Å². The Labute approximate surface area is 129 Å². The molecular weight excluding hydrogens is 288 g/mol. The Bertz CT molecular complexity index is 1350. The highest BCUT2D eigenvalue weighted by molar-refractivity contribution is 6.10. The van der Waals surface area contributed by atoms with Gasteiger partial charge >= 0.3 is 0 Å². The van der Waals surface area contributed by atoms with Crippen LogP contribution < -0.4 is 11.0 Å². The van der Waals surface area contributed by atoms with E-state index in [2.05, 4.69) is 4.98 Å². The molecule has 4 heteroatoms. The minimum atomic E-state index is -0.211. The van der Waals surface area contributed by atoms with E-state index in [9.17, 15) is 9.59 Å². The lowest BCUT2D eigenvalue weighted by atomic mass is 10.0. The van der Waals surface area contributed by atoms with Crippen molar-refractivity contribution in [2.75, 3.05) is 0 Å². The molecule has 0 aliphatic carbocycles. The Morgan fingerprint density at radius 2 is 1.52 bits per heavy atom. The van der Waals surface area contributed by atoms with Gasteiger partial charge in [0, 0.05) is 10.8 Å². The van der Waals surface area contributed by atoms with Crippen molar-refractivity contribution < 1.29 is 0 Å². The first-order valence-electron chi connectivity index (χ1n) is 7.34. The van der Waals surface area contributed by atoms with E-state index in [-0.39, 0.29) is 16.6 Å². The summed E-state index contributed by atoms with van der Waals surface area (Å²) in [5.41, 5.74) is 1.03. The summed E-state index contributed by atoms with van der Waals surface area (Å²) in [6, 6.07) is 18.4. The fourth-order valence-electron chi connectivity index (χ4n) is 3.33. The third-order valence-corrected chi connectivity index (χ3v) is 4.35. The molecule has 0 atom stereocenters. The molecule has 23 heavy (non-hydrogen) atoms. The summed E-state index contributed by atoms with van der Waals surface area (Å²) >= 11 is 0. The third-order valence-electron chi connectivity index (χ3n) is 4.35. The molecule has 0 fully saturated rings. The molecule has 2 heterocycles. The highest BCUT2D eigenvalue weighted by atomic mass is 16.1. The minimum absolute atomic E-state index is 0.180. The van der Waals surface area contributed by atoms with Crippen LogP contribution in [0.25, 0.3) is 38.2 Å². The summed E-state index contributed by atoms with van der Waals surface area (Å²) in [7, 11) is 0. The van der Waals surface area contributed by atoms with E-state index in [4.69, 9.17) is 0 Å². The highest BCUT2D eigenvalue weighted by Gasteiger charge is 2.15. The number of hydrogen-bond acceptors (Lipinski definition) is 3. The number of para-hydroxylation sites is 1. The fraction of sp³-hybridized carbons (Fsp3) is 0. The number of pyridine rings is 1. The van der Waals surface area contributed by atoms with Gasteiger partial charge in [-0.1, -0.05) is 42.5 Å². The van der Waals surface area contributed by atoms with Gasteiger partial charge in [0.1, 0.15) is 0 Å². The van der Waals surface area contributed by atoms with E-state index >= 15 is 0 Å². The van der Waals surface area contributed by atoms with Crippen LogP contribution in [0.4, 0.5) is 0 Å². The second kappa shape index (κ2) is 4.14. The maximum absolute atomic E-state index is 12.9. The van der Waals surface area contributed by atoms with E-state index in [1.165, 1.54) is 4.40 Å². The normalized spacial score (nSPS) is 11.8. The van der Waals surface area contributed by atoms with E-state index in [0.29, 0.717) is 16.3 Å².